The molecule has 0 saturated heterocycles. The molecule has 0 amide bonds. The Kier molecular flexibility index (Phi) is 8.36. The first-order chi connectivity index (χ1) is 10.8. The Morgan fingerprint density at radius 2 is 1.91 bits per heavy atom. The molecule has 8 heteroatoms. The van der Waals surface area contributed by atoms with Gasteiger partial charge in [0.05, 0.1) is 4.90 Å². The summed E-state index contributed by atoms with van der Waals surface area (Å²) in [6, 6.07) is 6.17. The van der Waals surface area contributed by atoms with Gasteiger partial charge in [0.2, 0.25) is 10.0 Å². The zero-order valence-electron chi connectivity index (χ0n) is 13.8. The molecule has 130 valence electrons. The molecule has 0 aliphatic heterocycles. The summed E-state index contributed by atoms with van der Waals surface area (Å²) in [7, 11) is -1.87. The third-order valence-electron chi connectivity index (χ3n) is 3.05. The average Bonchev–Trinajstić information content (AvgIpc) is 2.49. The van der Waals surface area contributed by atoms with Crippen LogP contribution in [0.1, 0.15) is 20.3 Å². The first-order valence-corrected chi connectivity index (χ1v) is 9.41. The number of rotatable bonds is 8. The Balaban J connectivity index is 2.38. The van der Waals surface area contributed by atoms with Crippen LogP contribution in [0.4, 0.5) is 0 Å². The van der Waals surface area contributed by atoms with E-state index in [0.717, 1.165) is 13.0 Å². The topological polar surface area (TPSA) is 82.6 Å². The van der Waals surface area contributed by atoms with Crippen LogP contribution in [0.25, 0.3) is 0 Å². The molecular weight excluding hydrogens is 336 g/mol. The lowest BCUT2D eigenvalue weighted by Crippen LogP contribution is -2.42. The van der Waals surface area contributed by atoms with Gasteiger partial charge in [0.15, 0.2) is 5.96 Å². The van der Waals surface area contributed by atoms with Gasteiger partial charge in [0.1, 0.15) is 0 Å². The van der Waals surface area contributed by atoms with Crippen molar-refractivity contribution in [2.75, 3.05) is 26.7 Å². The van der Waals surface area contributed by atoms with E-state index in [2.05, 4.69) is 34.2 Å². The Morgan fingerprint density at radius 1 is 1.22 bits per heavy atom. The van der Waals surface area contributed by atoms with Gasteiger partial charge in [-0.1, -0.05) is 31.5 Å². The molecule has 0 bridgehead atoms. The minimum atomic E-state index is -3.55. The van der Waals surface area contributed by atoms with Crippen molar-refractivity contribution in [1.29, 1.82) is 0 Å². The smallest absolute Gasteiger partial charge is 0.240 e. The molecule has 0 fully saturated rings. The fraction of sp³-hybridized carbons (Fsp3) is 0.533. The van der Waals surface area contributed by atoms with Crippen LogP contribution < -0.4 is 15.4 Å². The molecule has 1 aromatic rings. The van der Waals surface area contributed by atoms with Crippen molar-refractivity contribution in [2.45, 2.75) is 25.2 Å². The molecular formula is C15H25ClN4O2S. The van der Waals surface area contributed by atoms with Crippen molar-refractivity contribution in [3.63, 3.8) is 0 Å². The van der Waals surface area contributed by atoms with Crippen LogP contribution in [-0.2, 0) is 10.0 Å². The Labute approximate surface area is 143 Å². The molecule has 0 spiro atoms. The van der Waals surface area contributed by atoms with Crippen LogP contribution in [0, 0.1) is 5.92 Å². The van der Waals surface area contributed by atoms with Crippen molar-refractivity contribution in [3.05, 3.63) is 29.3 Å². The third-order valence-corrected chi connectivity index (χ3v) is 4.75. The fourth-order valence-electron chi connectivity index (χ4n) is 1.78. The molecule has 0 atom stereocenters. The first kappa shape index (κ1) is 19.7. The van der Waals surface area contributed by atoms with Crippen LogP contribution in [0.15, 0.2) is 34.2 Å². The highest BCUT2D eigenvalue weighted by Gasteiger charge is 2.13. The highest BCUT2D eigenvalue weighted by Crippen LogP contribution is 2.14. The van der Waals surface area contributed by atoms with Crippen LogP contribution in [-0.4, -0.2) is 41.1 Å². The van der Waals surface area contributed by atoms with Gasteiger partial charge in [-0.15, -0.1) is 0 Å². The number of guanidine groups is 1. The molecule has 0 aliphatic rings. The largest absolute Gasteiger partial charge is 0.356 e. The second-order valence-electron chi connectivity index (χ2n) is 5.46. The fourth-order valence-corrected chi connectivity index (χ4v) is 3.12. The standard InChI is InChI=1S/C15H25ClN4O2S/c1-12(2)7-8-18-15(17-3)19-9-10-20-23(21,22)14-6-4-5-13(16)11-14/h4-6,11-12,20H,7-10H2,1-3H3,(H2,17,18,19). The number of nitrogens with zero attached hydrogens (tertiary/aromatic N) is 1. The normalized spacial score (nSPS) is 12.5. The SMILES string of the molecule is CN=C(NCCNS(=O)(=O)c1cccc(Cl)c1)NCCC(C)C. The van der Waals surface area contributed by atoms with Crippen LogP contribution in [0.3, 0.4) is 0 Å². The summed E-state index contributed by atoms with van der Waals surface area (Å²) in [5, 5.41) is 6.64. The van der Waals surface area contributed by atoms with Crippen molar-refractivity contribution in [1.82, 2.24) is 15.4 Å². The van der Waals surface area contributed by atoms with Gasteiger partial charge in [0.25, 0.3) is 0 Å². The number of halogens is 1. The van der Waals surface area contributed by atoms with Gasteiger partial charge in [-0.2, -0.15) is 0 Å². The predicted octanol–water partition coefficient (Wildman–Crippen LogP) is 1.83. The van der Waals surface area contributed by atoms with Crippen LogP contribution in [0.5, 0.6) is 0 Å². The molecule has 0 unspecified atom stereocenters. The molecule has 0 aliphatic carbocycles. The summed E-state index contributed by atoms with van der Waals surface area (Å²) in [4.78, 5) is 4.25. The lowest BCUT2D eigenvalue weighted by molar-refractivity contribution is 0.571. The minimum absolute atomic E-state index is 0.157. The zero-order chi connectivity index (χ0) is 17.3. The number of hydrogen-bond acceptors (Lipinski definition) is 3. The number of nitrogens with one attached hydrogen (secondary N) is 3. The van der Waals surface area contributed by atoms with Gasteiger partial charge in [0, 0.05) is 31.7 Å². The number of aliphatic imine (C=N–C) groups is 1. The van der Waals surface area contributed by atoms with Gasteiger partial charge in [-0.3, -0.25) is 4.99 Å². The van der Waals surface area contributed by atoms with Crippen molar-refractivity contribution < 1.29 is 8.42 Å². The highest BCUT2D eigenvalue weighted by atomic mass is 35.5. The summed E-state index contributed by atoms with van der Waals surface area (Å²) in [5.41, 5.74) is 0. The quantitative estimate of drug-likeness (QED) is 0.375. The molecule has 1 rings (SSSR count). The zero-order valence-corrected chi connectivity index (χ0v) is 15.3. The molecule has 0 heterocycles. The average molecular weight is 361 g/mol. The maximum Gasteiger partial charge on any atom is 0.240 e. The van der Waals surface area contributed by atoms with Crippen molar-refractivity contribution in [2.24, 2.45) is 10.9 Å². The lowest BCUT2D eigenvalue weighted by atomic mass is 10.1. The van der Waals surface area contributed by atoms with E-state index in [1.165, 1.54) is 12.1 Å². The van der Waals surface area contributed by atoms with Crippen molar-refractivity contribution in [3.8, 4) is 0 Å². The predicted molar refractivity (Wildman–Crippen MR) is 95.5 cm³/mol. The van der Waals surface area contributed by atoms with Gasteiger partial charge in [-0.05, 0) is 30.5 Å². The van der Waals surface area contributed by atoms with Gasteiger partial charge in [-0.25, -0.2) is 13.1 Å². The minimum Gasteiger partial charge on any atom is -0.356 e. The summed E-state index contributed by atoms with van der Waals surface area (Å²) in [6.07, 6.45) is 1.04. The first-order valence-electron chi connectivity index (χ1n) is 7.55. The van der Waals surface area contributed by atoms with E-state index >= 15 is 0 Å². The van der Waals surface area contributed by atoms with Crippen LogP contribution >= 0.6 is 11.6 Å². The summed E-state index contributed by atoms with van der Waals surface area (Å²) in [5.74, 6) is 1.28. The number of benzene rings is 1. The molecule has 1 aromatic carbocycles. The molecule has 3 N–H and O–H groups in total. The van der Waals surface area contributed by atoms with E-state index in [-0.39, 0.29) is 11.4 Å². The Morgan fingerprint density at radius 3 is 2.52 bits per heavy atom. The maximum absolute atomic E-state index is 12.1. The molecule has 6 nitrogen and oxygen atoms in total. The van der Waals surface area contributed by atoms with Crippen LogP contribution in [0.2, 0.25) is 5.02 Å². The highest BCUT2D eigenvalue weighted by molar-refractivity contribution is 7.89. The number of hydrogen-bond donors (Lipinski definition) is 3. The molecule has 0 radical (unpaired) electrons. The molecule has 0 saturated carbocycles. The van der Waals surface area contributed by atoms with E-state index in [1.807, 2.05) is 0 Å². The molecule has 0 aromatic heterocycles. The second kappa shape index (κ2) is 9.75. The van der Waals surface area contributed by atoms with Crippen molar-refractivity contribution >= 4 is 27.6 Å². The summed E-state index contributed by atoms with van der Waals surface area (Å²) >= 11 is 5.81. The van der Waals surface area contributed by atoms with Gasteiger partial charge < -0.3 is 10.6 Å². The third kappa shape index (κ3) is 7.67. The number of sulfonamides is 1. The van der Waals surface area contributed by atoms with Gasteiger partial charge >= 0.3 is 0 Å². The lowest BCUT2D eigenvalue weighted by Gasteiger charge is -2.13. The van der Waals surface area contributed by atoms with E-state index in [0.29, 0.717) is 23.4 Å². The van der Waals surface area contributed by atoms with E-state index in [1.54, 1.807) is 19.2 Å². The van der Waals surface area contributed by atoms with E-state index in [9.17, 15) is 8.42 Å². The molecule has 23 heavy (non-hydrogen) atoms. The monoisotopic (exact) mass is 360 g/mol. The van der Waals surface area contributed by atoms with E-state index < -0.39 is 10.0 Å². The maximum atomic E-state index is 12.1. The summed E-state index contributed by atoms with van der Waals surface area (Å²) in [6.45, 7) is 5.82. The summed E-state index contributed by atoms with van der Waals surface area (Å²) < 4.78 is 26.7. The Hall–Kier alpha value is -1.31. The van der Waals surface area contributed by atoms with E-state index in [4.69, 9.17) is 11.6 Å². The second-order valence-corrected chi connectivity index (χ2v) is 7.67. The Bertz CT molecular complexity index is 618.